The molecule has 0 bridgehead atoms. The number of methoxy groups -OCH3 is 1. The van der Waals surface area contributed by atoms with E-state index in [1.165, 1.54) is 14.0 Å². The monoisotopic (exact) mass is 230 g/mol. The van der Waals surface area contributed by atoms with E-state index in [1.807, 2.05) is 0 Å². The minimum absolute atomic E-state index is 0.321. The Bertz CT molecular complexity index is 430. The number of phenolic OH excluding ortho intramolecular Hbond substituents is 2. The fourth-order valence-corrected chi connectivity index (χ4v) is 1.30. The summed E-state index contributed by atoms with van der Waals surface area (Å²) in [6.45, 7) is 1.19. The van der Waals surface area contributed by atoms with E-state index in [9.17, 15) is 19.4 Å². The lowest BCUT2D eigenvalue weighted by Crippen LogP contribution is -2.10. The molecule has 0 radical (unpaired) electrons. The summed E-state index contributed by atoms with van der Waals surface area (Å²) in [5.41, 5.74) is -0.496. The number of ether oxygens (including phenoxy) is 1. The van der Waals surface area contributed by atoms with Crippen molar-refractivity contribution in [1.29, 1.82) is 0 Å². The molecule has 1 rings (SSSR count). The molecule has 0 aliphatic heterocycles. The van der Waals surface area contributed by atoms with Gasteiger partial charge in [-0.3, -0.25) is 4.79 Å². The van der Waals surface area contributed by atoms with Crippen LogP contribution in [0, 0.1) is 5.82 Å². The number of hydrogen-bond donors (Lipinski definition) is 3. The van der Waals surface area contributed by atoms with Crippen LogP contribution < -0.4 is 4.74 Å². The predicted octanol–water partition coefficient (Wildman–Crippen LogP) is 1.43. The largest absolute Gasteiger partial charge is 0.504 e. The number of aromatic hydroxyl groups is 2. The Balaban J connectivity index is 3.47. The van der Waals surface area contributed by atoms with E-state index in [0.717, 1.165) is 6.07 Å². The van der Waals surface area contributed by atoms with Gasteiger partial charge >= 0.3 is 5.97 Å². The highest BCUT2D eigenvalue weighted by Gasteiger charge is 2.27. The number of carbonyl (C=O) groups is 1. The molecule has 0 heterocycles. The van der Waals surface area contributed by atoms with Gasteiger partial charge in [-0.1, -0.05) is 0 Å². The summed E-state index contributed by atoms with van der Waals surface area (Å²) >= 11 is 0. The molecule has 0 amide bonds. The highest BCUT2D eigenvalue weighted by Crippen LogP contribution is 2.40. The first-order valence-electron chi connectivity index (χ1n) is 4.41. The average molecular weight is 230 g/mol. The van der Waals surface area contributed by atoms with Gasteiger partial charge in [0.1, 0.15) is 0 Å². The van der Waals surface area contributed by atoms with Crippen molar-refractivity contribution in [2.45, 2.75) is 12.8 Å². The summed E-state index contributed by atoms with van der Waals surface area (Å²) in [5, 5.41) is 27.4. The third-order valence-electron chi connectivity index (χ3n) is 2.24. The van der Waals surface area contributed by atoms with Crippen LogP contribution in [0.5, 0.6) is 17.2 Å². The van der Waals surface area contributed by atoms with Gasteiger partial charge in [0.25, 0.3) is 0 Å². The number of rotatable bonds is 3. The second-order valence-corrected chi connectivity index (χ2v) is 3.23. The third kappa shape index (κ3) is 1.86. The number of carboxylic acids is 1. The van der Waals surface area contributed by atoms with Crippen LogP contribution in [0.4, 0.5) is 4.39 Å². The molecular formula is C10H11FO5. The molecule has 1 aromatic carbocycles. The molecule has 1 atom stereocenters. The molecule has 1 unspecified atom stereocenters. The van der Waals surface area contributed by atoms with Crippen LogP contribution in [0.2, 0.25) is 0 Å². The summed E-state index contributed by atoms with van der Waals surface area (Å²) in [5.74, 6) is -5.33. The maximum atomic E-state index is 13.7. The molecule has 0 aromatic heterocycles. The molecular weight excluding hydrogens is 219 g/mol. The second kappa shape index (κ2) is 4.26. The normalized spacial score (nSPS) is 12.2. The highest BCUT2D eigenvalue weighted by molar-refractivity contribution is 5.77. The molecule has 0 spiro atoms. The van der Waals surface area contributed by atoms with E-state index in [-0.39, 0.29) is 5.75 Å². The van der Waals surface area contributed by atoms with Gasteiger partial charge in [0, 0.05) is 6.07 Å². The number of benzene rings is 1. The Labute approximate surface area is 90.7 Å². The van der Waals surface area contributed by atoms with Crippen molar-refractivity contribution >= 4 is 5.97 Å². The van der Waals surface area contributed by atoms with Crippen LogP contribution in [0.15, 0.2) is 6.07 Å². The number of halogens is 1. The van der Waals surface area contributed by atoms with Crippen LogP contribution >= 0.6 is 0 Å². The van der Waals surface area contributed by atoms with Crippen LogP contribution in [0.1, 0.15) is 18.4 Å². The molecule has 6 heteroatoms. The van der Waals surface area contributed by atoms with E-state index >= 15 is 0 Å². The highest BCUT2D eigenvalue weighted by atomic mass is 19.1. The first-order valence-corrected chi connectivity index (χ1v) is 4.41. The Hall–Kier alpha value is -1.98. The van der Waals surface area contributed by atoms with Crippen molar-refractivity contribution in [3.05, 3.63) is 17.4 Å². The summed E-state index contributed by atoms with van der Waals surface area (Å²) in [6, 6.07) is 0.878. The quantitative estimate of drug-likeness (QED) is 0.684. The van der Waals surface area contributed by atoms with Crippen molar-refractivity contribution in [1.82, 2.24) is 0 Å². The standard InChI is InChI=1S/C10H11FO5/c1-4(10(14)15)7-8(11)6(16-2)3-5(12)9(7)13/h3-4,12-13H,1-2H3,(H,14,15). The van der Waals surface area contributed by atoms with Gasteiger partial charge in [0.05, 0.1) is 18.6 Å². The second-order valence-electron chi connectivity index (χ2n) is 3.23. The lowest BCUT2D eigenvalue weighted by atomic mass is 9.98. The van der Waals surface area contributed by atoms with Crippen molar-refractivity contribution in [3.63, 3.8) is 0 Å². The number of phenols is 2. The van der Waals surface area contributed by atoms with Crippen molar-refractivity contribution in [2.75, 3.05) is 7.11 Å². The lowest BCUT2D eigenvalue weighted by molar-refractivity contribution is -0.138. The molecule has 0 fully saturated rings. The minimum atomic E-state index is -1.32. The van der Waals surface area contributed by atoms with Gasteiger partial charge in [0.2, 0.25) is 0 Å². The summed E-state index contributed by atoms with van der Waals surface area (Å²) in [6.07, 6.45) is 0. The van der Waals surface area contributed by atoms with Gasteiger partial charge in [-0.2, -0.15) is 0 Å². The predicted molar refractivity (Wildman–Crippen MR) is 52.3 cm³/mol. The number of hydrogen-bond acceptors (Lipinski definition) is 4. The molecule has 16 heavy (non-hydrogen) atoms. The van der Waals surface area contributed by atoms with E-state index in [1.54, 1.807) is 0 Å². The zero-order valence-corrected chi connectivity index (χ0v) is 8.69. The smallest absolute Gasteiger partial charge is 0.310 e. The Morgan fingerprint density at radius 1 is 1.50 bits per heavy atom. The summed E-state index contributed by atoms with van der Waals surface area (Å²) in [7, 11) is 1.17. The maximum absolute atomic E-state index is 13.7. The van der Waals surface area contributed by atoms with E-state index in [4.69, 9.17) is 5.11 Å². The van der Waals surface area contributed by atoms with Crippen molar-refractivity contribution in [2.24, 2.45) is 0 Å². The Kier molecular flexibility index (Phi) is 3.22. The molecule has 88 valence electrons. The van der Waals surface area contributed by atoms with E-state index in [2.05, 4.69) is 4.74 Å². The van der Waals surface area contributed by atoms with Gasteiger partial charge in [-0.15, -0.1) is 0 Å². The molecule has 5 nitrogen and oxygen atoms in total. The first-order chi connectivity index (χ1) is 7.40. The van der Waals surface area contributed by atoms with Crippen molar-refractivity contribution < 1.29 is 29.2 Å². The van der Waals surface area contributed by atoms with E-state index in [0.29, 0.717) is 0 Å². The van der Waals surface area contributed by atoms with Crippen LogP contribution in [-0.2, 0) is 4.79 Å². The van der Waals surface area contributed by atoms with Gasteiger partial charge in [0.15, 0.2) is 23.1 Å². The molecule has 1 aromatic rings. The Morgan fingerprint density at radius 3 is 2.50 bits per heavy atom. The third-order valence-corrected chi connectivity index (χ3v) is 2.24. The fourth-order valence-electron chi connectivity index (χ4n) is 1.30. The first kappa shape index (κ1) is 12.1. The summed E-state index contributed by atoms with van der Waals surface area (Å²) < 4.78 is 18.3. The molecule has 0 saturated heterocycles. The fraction of sp³-hybridized carbons (Fsp3) is 0.300. The van der Waals surface area contributed by atoms with Crippen LogP contribution in [0.3, 0.4) is 0 Å². The maximum Gasteiger partial charge on any atom is 0.310 e. The zero-order valence-electron chi connectivity index (χ0n) is 8.69. The molecule has 3 N–H and O–H groups in total. The topological polar surface area (TPSA) is 87.0 Å². The van der Waals surface area contributed by atoms with E-state index < -0.39 is 34.8 Å². The van der Waals surface area contributed by atoms with Gasteiger partial charge in [-0.25, -0.2) is 4.39 Å². The van der Waals surface area contributed by atoms with Gasteiger partial charge < -0.3 is 20.1 Å². The summed E-state index contributed by atoms with van der Waals surface area (Å²) in [4.78, 5) is 10.7. The van der Waals surface area contributed by atoms with Gasteiger partial charge in [-0.05, 0) is 6.92 Å². The lowest BCUT2D eigenvalue weighted by Gasteiger charge is -2.14. The van der Waals surface area contributed by atoms with Crippen LogP contribution in [-0.4, -0.2) is 28.4 Å². The van der Waals surface area contributed by atoms with Crippen molar-refractivity contribution in [3.8, 4) is 17.2 Å². The zero-order chi connectivity index (χ0) is 12.5. The molecule has 0 aliphatic carbocycles. The number of carboxylic acid groups (broad SMARTS) is 1. The average Bonchev–Trinajstić information content (AvgIpc) is 2.23. The Morgan fingerprint density at radius 2 is 2.06 bits per heavy atom. The number of aliphatic carboxylic acids is 1. The SMILES string of the molecule is COc1cc(O)c(O)c(C(C)C(=O)O)c1F. The van der Waals surface area contributed by atoms with Crippen LogP contribution in [0.25, 0.3) is 0 Å². The molecule has 0 aliphatic rings. The minimum Gasteiger partial charge on any atom is -0.504 e. The molecule has 0 saturated carbocycles.